The Hall–Kier alpha value is -0.450. The largest absolute Gasteiger partial charge is 0.389 e. The van der Waals surface area contributed by atoms with Crippen LogP contribution in [0.3, 0.4) is 0 Å². The van der Waals surface area contributed by atoms with Crippen LogP contribution in [-0.2, 0) is 9.53 Å². The molecule has 0 aromatic carbocycles. The van der Waals surface area contributed by atoms with Crippen LogP contribution in [0.4, 0.5) is 0 Å². The van der Waals surface area contributed by atoms with E-state index in [1.54, 1.807) is 6.92 Å². The molecule has 1 aliphatic rings. The van der Waals surface area contributed by atoms with Gasteiger partial charge < -0.3 is 9.84 Å². The van der Waals surface area contributed by atoms with Crippen LogP contribution in [0, 0.1) is 0 Å². The molecule has 1 saturated heterocycles. The number of carbonyl (C=O) groups excluding carboxylic acids is 1. The zero-order chi connectivity index (χ0) is 14.3. The van der Waals surface area contributed by atoms with Crippen molar-refractivity contribution in [2.24, 2.45) is 0 Å². The molecule has 112 valence electrons. The van der Waals surface area contributed by atoms with Crippen LogP contribution < -0.4 is 0 Å². The van der Waals surface area contributed by atoms with E-state index in [9.17, 15) is 9.90 Å². The number of ketones is 1. The van der Waals surface area contributed by atoms with Crippen molar-refractivity contribution in [3.05, 3.63) is 0 Å². The maximum Gasteiger partial charge on any atom is 0.131 e. The van der Waals surface area contributed by atoms with Crippen molar-refractivity contribution in [3.8, 4) is 0 Å². The normalized spacial score (nSPS) is 23.3. The van der Waals surface area contributed by atoms with Gasteiger partial charge in [0.2, 0.25) is 0 Å². The molecule has 4 nitrogen and oxygen atoms in total. The average molecular weight is 271 g/mol. The Kier molecular flexibility index (Phi) is 7.57. The number of carbonyl (C=O) groups is 1. The predicted molar refractivity (Wildman–Crippen MR) is 76.2 cm³/mol. The fourth-order valence-electron chi connectivity index (χ4n) is 2.67. The van der Waals surface area contributed by atoms with Crippen LogP contribution in [-0.4, -0.2) is 53.7 Å². The third-order valence-corrected chi connectivity index (χ3v) is 3.59. The van der Waals surface area contributed by atoms with E-state index in [1.807, 2.05) is 13.8 Å². The Balaban J connectivity index is 2.47. The molecule has 19 heavy (non-hydrogen) atoms. The fraction of sp³-hybridized carbons (Fsp3) is 0.933. The summed E-state index contributed by atoms with van der Waals surface area (Å²) in [5.41, 5.74) is 0. The number of β-amino-alcohol motifs (C(OH)–C–C–N with tert-alkyl or cyclic N) is 1. The van der Waals surface area contributed by atoms with Crippen molar-refractivity contribution in [2.45, 2.75) is 71.1 Å². The zero-order valence-electron chi connectivity index (χ0n) is 12.6. The quantitative estimate of drug-likeness (QED) is 0.769. The summed E-state index contributed by atoms with van der Waals surface area (Å²) in [5, 5.41) is 10.0. The minimum atomic E-state index is -0.463. The Morgan fingerprint density at radius 2 is 2.11 bits per heavy atom. The highest BCUT2D eigenvalue weighted by Gasteiger charge is 2.24. The van der Waals surface area contributed by atoms with Crippen LogP contribution in [0.1, 0.15) is 52.9 Å². The Morgan fingerprint density at radius 3 is 2.74 bits per heavy atom. The van der Waals surface area contributed by atoms with Crippen LogP contribution in [0.25, 0.3) is 0 Å². The first-order valence-electron chi connectivity index (χ1n) is 7.52. The number of likely N-dealkylation sites (tertiary alicyclic amines) is 1. The van der Waals surface area contributed by atoms with Crippen molar-refractivity contribution in [1.82, 2.24) is 4.90 Å². The molecule has 0 saturated carbocycles. The third kappa shape index (κ3) is 7.04. The number of aliphatic hydroxyl groups is 1. The molecule has 1 fully saturated rings. The lowest BCUT2D eigenvalue weighted by atomic mass is 10.0. The van der Waals surface area contributed by atoms with Gasteiger partial charge in [0, 0.05) is 19.0 Å². The summed E-state index contributed by atoms with van der Waals surface area (Å²) >= 11 is 0. The van der Waals surface area contributed by atoms with E-state index in [0.717, 1.165) is 19.4 Å². The van der Waals surface area contributed by atoms with E-state index < -0.39 is 6.10 Å². The molecule has 0 bridgehead atoms. The molecule has 0 spiro atoms. The van der Waals surface area contributed by atoms with Crippen LogP contribution in [0.5, 0.6) is 0 Å². The second-order valence-electron chi connectivity index (χ2n) is 5.94. The summed E-state index contributed by atoms with van der Waals surface area (Å²) in [4.78, 5) is 13.6. The van der Waals surface area contributed by atoms with Gasteiger partial charge in [0.05, 0.1) is 18.8 Å². The van der Waals surface area contributed by atoms with E-state index in [1.165, 1.54) is 12.8 Å². The van der Waals surface area contributed by atoms with Crippen LogP contribution in [0.15, 0.2) is 0 Å². The Morgan fingerprint density at radius 1 is 1.37 bits per heavy atom. The molecule has 2 unspecified atom stereocenters. The smallest absolute Gasteiger partial charge is 0.131 e. The monoisotopic (exact) mass is 271 g/mol. The van der Waals surface area contributed by atoms with Gasteiger partial charge in [-0.3, -0.25) is 9.69 Å². The van der Waals surface area contributed by atoms with Gasteiger partial charge in [-0.05, 0) is 40.2 Å². The number of Topliss-reactive ketones (excluding diaryl/α,β-unsaturated/α-hetero) is 1. The highest BCUT2D eigenvalue weighted by Crippen LogP contribution is 2.20. The summed E-state index contributed by atoms with van der Waals surface area (Å²) in [5.74, 6) is 0.241. The minimum absolute atomic E-state index is 0.145. The number of nitrogens with zero attached hydrogens (tertiary/aromatic N) is 1. The van der Waals surface area contributed by atoms with E-state index in [4.69, 9.17) is 4.74 Å². The molecule has 2 atom stereocenters. The first-order valence-corrected chi connectivity index (χ1v) is 7.52. The maximum atomic E-state index is 11.4. The zero-order valence-corrected chi connectivity index (χ0v) is 12.6. The number of aliphatic hydroxyl groups excluding tert-OH is 1. The second kappa shape index (κ2) is 8.67. The molecule has 0 amide bonds. The van der Waals surface area contributed by atoms with Crippen molar-refractivity contribution in [1.29, 1.82) is 0 Å². The van der Waals surface area contributed by atoms with Crippen LogP contribution in [0.2, 0.25) is 0 Å². The van der Waals surface area contributed by atoms with Crippen molar-refractivity contribution >= 4 is 5.78 Å². The molecule has 1 N–H and O–H groups in total. The summed E-state index contributed by atoms with van der Waals surface area (Å²) in [7, 11) is 0. The first-order chi connectivity index (χ1) is 8.99. The topological polar surface area (TPSA) is 49.8 Å². The summed E-state index contributed by atoms with van der Waals surface area (Å²) in [6.07, 6.45) is 4.93. The molecule has 4 heteroatoms. The van der Waals surface area contributed by atoms with Gasteiger partial charge in [-0.25, -0.2) is 0 Å². The lowest BCUT2D eigenvalue weighted by Gasteiger charge is -2.31. The van der Waals surface area contributed by atoms with Crippen molar-refractivity contribution in [3.63, 3.8) is 0 Å². The minimum Gasteiger partial charge on any atom is -0.389 e. The molecular weight excluding hydrogens is 242 g/mol. The fourth-order valence-corrected chi connectivity index (χ4v) is 2.67. The maximum absolute atomic E-state index is 11.4. The lowest BCUT2D eigenvalue weighted by molar-refractivity contribution is -0.118. The predicted octanol–water partition coefficient (Wildman–Crippen LogP) is 2.00. The molecule has 0 aliphatic carbocycles. The van der Waals surface area contributed by atoms with Gasteiger partial charge in [-0.15, -0.1) is 0 Å². The molecule has 0 aromatic rings. The van der Waals surface area contributed by atoms with Gasteiger partial charge >= 0.3 is 0 Å². The standard InChI is InChI=1S/C15H29NO3/c1-12(2)19-11-15(18)10-16-8-6-4-5-7-14(16)9-13(3)17/h12,14-15,18H,4-11H2,1-3H3. The first kappa shape index (κ1) is 16.6. The average Bonchev–Trinajstić information content (AvgIpc) is 2.52. The van der Waals surface area contributed by atoms with Gasteiger partial charge in [0.15, 0.2) is 0 Å². The molecular formula is C15H29NO3. The highest BCUT2D eigenvalue weighted by atomic mass is 16.5. The third-order valence-electron chi connectivity index (χ3n) is 3.59. The summed E-state index contributed by atoms with van der Waals surface area (Å²) < 4.78 is 5.45. The van der Waals surface area contributed by atoms with Crippen LogP contribution >= 0.6 is 0 Å². The van der Waals surface area contributed by atoms with Gasteiger partial charge in [-0.2, -0.15) is 0 Å². The molecule has 1 rings (SSSR count). The van der Waals surface area contributed by atoms with E-state index in [-0.39, 0.29) is 11.9 Å². The van der Waals surface area contributed by atoms with Gasteiger partial charge in [-0.1, -0.05) is 12.8 Å². The molecule has 1 aliphatic heterocycles. The van der Waals surface area contributed by atoms with Gasteiger partial charge in [0.25, 0.3) is 0 Å². The molecule has 0 aromatic heterocycles. The second-order valence-corrected chi connectivity index (χ2v) is 5.94. The highest BCUT2D eigenvalue weighted by molar-refractivity contribution is 5.76. The number of ether oxygens (including phenoxy) is 1. The number of hydrogen-bond acceptors (Lipinski definition) is 4. The summed E-state index contributed by atoms with van der Waals surface area (Å²) in [6.45, 7) is 7.57. The SMILES string of the molecule is CC(=O)CC1CCCCCN1CC(O)COC(C)C. The summed E-state index contributed by atoms with van der Waals surface area (Å²) in [6, 6.07) is 0.300. The Labute approximate surface area is 117 Å². The van der Waals surface area contributed by atoms with E-state index >= 15 is 0 Å². The van der Waals surface area contributed by atoms with Gasteiger partial charge in [0.1, 0.15) is 5.78 Å². The Bertz CT molecular complexity index is 268. The number of rotatable bonds is 7. The molecule has 0 radical (unpaired) electrons. The number of hydrogen-bond donors (Lipinski definition) is 1. The van der Waals surface area contributed by atoms with E-state index in [2.05, 4.69) is 4.90 Å². The lowest BCUT2D eigenvalue weighted by Crippen LogP contribution is -2.42. The van der Waals surface area contributed by atoms with Crippen molar-refractivity contribution in [2.75, 3.05) is 19.7 Å². The van der Waals surface area contributed by atoms with Crippen molar-refractivity contribution < 1.29 is 14.6 Å². The van der Waals surface area contributed by atoms with E-state index in [0.29, 0.717) is 25.6 Å². The molecule has 1 heterocycles.